The summed E-state index contributed by atoms with van der Waals surface area (Å²) in [5.41, 5.74) is 2.64. The zero-order chi connectivity index (χ0) is 21.3. The van der Waals surface area contributed by atoms with Crippen LogP contribution in [-0.2, 0) is 26.2 Å². The Morgan fingerprint density at radius 2 is 1.97 bits per heavy atom. The Labute approximate surface area is 168 Å². The minimum Gasteiger partial charge on any atom is -0.475 e. The topological polar surface area (TPSA) is 103 Å². The van der Waals surface area contributed by atoms with Gasteiger partial charge in [0.15, 0.2) is 6.10 Å². The predicted octanol–water partition coefficient (Wildman–Crippen LogP) is 1.72. The van der Waals surface area contributed by atoms with Crippen LogP contribution < -0.4 is 15.0 Å². The monoisotopic (exact) mass is 400 g/mol. The summed E-state index contributed by atoms with van der Waals surface area (Å²) in [7, 11) is 1.78. The molecule has 0 saturated heterocycles. The molecule has 1 aliphatic heterocycles. The smallest absolute Gasteiger partial charge is 0.350 e. The van der Waals surface area contributed by atoms with Crippen molar-refractivity contribution >= 4 is 29.2 Å². The number of aromatic nitrogens is 2. The highest BCUT2D eigenvalue weighted by molar-refractivity contribution is 5.97. The first-order valence-corrected chi connectivity index (χ1v) is 9.24. The molecule has 29 heavy (non-hydrogen) atoms. The molecule has 2 heterocycles. The number of rotatable bonds is 4. The van der Waals surface area contributed by atoms with Gasteiger partial charge in [0.1, 0.15) is 5.75 Å². The van der Waals surface area contributed by atoms with Gasteiger partial charge in [0.05, 0.1) is 29.3 Å². The maximum Gasteiger partial charge on any atom is 0.350 e. The van der Waals surface area contributed by atoms with Crippen molar-refractivity contribution in [1.82, 2.24) is 9.78 Å². The fraction of sp³-hybridized carbons (Fsp3) is 0.400. The predicted molar refractivity (Wildman–Crippen MR) is 106 cm³/mol. The molecule has 0 spiro atoms. The van der Waals surface area contributed by atoms with Gasteiger partial charge in [-0.2, -0.15) is 5.10 Å². The summed E-state index contributed by atoms with van der Waals surface area (Å²) in [6.07, 6.45) is -2.07. The van der Waals surface area contributed by atoms with Crippen LogP contribution in [0, 0.1) is 13.8 Å². The largest absolute Gasteiger partial charge is 0.475 e. The van der Waals surface area contributed by atoms with Crippen molar-refractivity contribution in [2.75, 3.05) is 16.8 Å². The number of carbonyl (C=O) groups excluding carboxylic acids is 3. The fourth-order valence-electron chi connectivity index (χ4n) is 3.14. The molecule has 0 unspecified atom stereocenters. The average molecular weight is 400 g/mol. The molecule has 3 rings (SSSR count). The summed E-state index contributed by atoms with van der Waals surface area (Å²) in [5.74, 6) is -0.994. The van der Waals surface area contributed by atoms with Gasteiger partial charge in [-0.3, -0.25) is 14.3 Å². The summed E-state index contributed by atoms with van der Waals surface area (Å²) in [5, 5.41) is 6.99. The van der Waals surface area contributed by atoms with E-state index in [0.29, 0.717) is 22.8 Å². The van der Waals surface area contributed by atoms with Crippen LogP contribution in [0.2, 0.25) is 0 Å². The molecule has 2 aromatic rings. The number of para-hydroxylation sites is 2. The molecule has 2 atom stereocenters. The zero-order valence-corrected chi connectivity index (χ0v) is 17.1. The SMILES string of the molecule is CC(=O)N1C[C@@H](C(=O)O[C@@H](C)C(=O)Nc2c(C)nn(C)c2C)Oc2ccccc21. The highest BCUT2D eigenvalue weighted by atomic mass is 16.6. The van der Waals surface area contributed by atoms with Gasteiger partial charge in [0.2, 0.25) is 12.0 Å². The first-order chi connectivity index (χ1) is 13.7. The first-order valence-electron chi connectivity index (χ1n) is 9.24. The van der Waals surface area contributed by atoms with E-state index < -0.39 is 24.1 Å². The molecule has 0 fully saturated rings. The van der Waals surface area contributed by atoms with E-state index in [1.807, 2.05) is 6.92 Å². The second-order valence-corrected chi connectivity index (χ2v) is 6.94. The van der Waals surface area contributed by atoms with Crippen LogP contribution in [0.4, 0.5) is 11.4 Å². The minimum atomic E-state index is -1.05. The third-order valence-corrected chi connectivity index (χ3v) is 4.84. The van der Waals surface area contributed by atoms with Crippen molar-refractivity contribution in [1.29, 1.82) is 0 Å². The van der Waals surface area contributed by atoms with Gasteiger partial charge >= 0.3 is 5.97 Å². The van der Waals surface area contributed by atoms with Gasteiger partial charge in [-0.15, -0.1) is 0 Å². The van der Waals surface area contributed by atoms with Crippen molar-refractivity contribution in [3.05, 3.63) is 35.7 Å². The highest BCUT2D eigenvalue weighted by Crippen LogP contribution is 2.33. The fourth-order valence-corrected chi connectivity index (χ4v) is 3.14. The van der Waals surface area contributed by atoms with E-state index in [-0.39, 0.29) is 12.5 Å². The Kier molecular flexibility index (Phi) is 5.58. The number of anilines is 2. The molecule has 1 N–H and O–H groups in total. The quantitative estimate of drug-likeness (QED) is 0.784. The minimum absolute atomic E-state index is 0.0142. The van der Waals surface area contributed by atoms with E-state index in [9.17, 15) is 14.4 Å². The Morgan fingerprint density at radius 1 is 1.28 bits per heavy atom. The molecule has 2 amide bonds. The number of nitrogens with zero attached hydrogens (tertiary/aromatic N) is 3. The van der Waals surface area contributed by atoms with Crippen LogP contribution in [0.3, 0.4) is 0 Å². The number of esters is 1. The van der Waals surface area contributed by atoms with E-state index in [1.54, 1.807) is 42.9 Å². The van der Waals surface area contributed by atoms with Gasteiger partial charge in [-0.05, 0) is 32.9 Å². The number of aryl methyl sites for hydroxylation is 2. The number of carbonyl (C=O) groups is 3. The summed E-state index contributed by atoms with van der Waals surface area (Å²) in [6.45, 7) is 6.52. The lowest BCUT2D eigenvalue weighted by Crippen LogP contribution is -2.48. The first kappa shape index (κ1) is 20.4. The normalized spacial score (nSPS) is 16.4. The van der Waals surface area contributed by atoms with Gasteiger partial charge in [-0.1, -0.05) is 12.1 Å². The van der Waals surface area contributed by atoms with Crippen molar-refractivity contribution in [3.8, 4) is 5.75 Å². The third kappa shape index (κ3) is 4.08. The van der Waals surface area contributed by atoms with Crippen molar-refractivity contribution in [3.63, 3.8) is 0 Å². The van der Waals surface area contributed by atoms with E-state index in [2.05, 4.69) is 10.4 Å². The van der Waals surface area contributed by atoms with Crippen molar-refractivity contribution < 1.29 is 23.9 Å². The number of hydrogen-bond donors (Lipinski definition) is 1. The molecule has 0 bridgehead atoms. The molecular formula is C20H24N4O5. The third-order valence-electron chi connectivity index (χ3n) is 4.84. The molecule has 0 aliphatic carbocycles. The molecule has 9 nitrogen and oxygen atoms in total. The van der Waals surface area contributed by atoms with Gasteiger partial charge in [0, 0.05) is 14.0 Å². The van der Waals surface area contributed by atoms with Crippen molar-refractivity contribution in [2.45, 2.75) is 39.9 Å². The number of benzene rings is 1. The summed E-state index contributed by atoms with van der Waals surface area (Å²) >= 11 is 0. The highest BCUT2D eigenvalue weighted by Gasteiger charge is 2.35. The Morgan fingerprint density at radius 3 is 2.59 bits per heavy atom. The molecule has 154 valence electrons. The average Bonchev–Trinajstić information content (AvgIpc) is 2.92. The molecule has 9 heteroatoms. The van der Waals surface area contributed by atoms with E-state index in [1.165, 1.54) is 18.7 Å². The van der Waals surface area contributed by atoms with E-state index in [4.69, 9.17) is 9.47 Å². The molecule has 0 radical (unpaired) electrons. The molecule has 1 aromatic heterocycles. The lowest BCUT2D eigenvalue weighted by atomic mass is 10.2. The zero-order valence-electron chi connectivity index (χ0n) is 17.1. The Hall–Kier alpha value is -3.36. The van der Waals surface area contributed by atoms with Crippen LogP contribution in [0.5, 0.6) is 5.75 Å². The molecular weight excluding hydrogens is 376 g/mol. The number of nitrogens with one attached hydrogen (secondary N) is 1. The molecule has 1 aliphatic rings. The van der Waals surface area contributed by atoms with Crippen molar-refractivity contribution in [2.24, 2.45) is 7.05 Å². The Bertz CT molecular complexity index is 968. The van der Waals surface area contributed by atoms with Crippen LogP contribution >= 0.6 is 0 Å². The van der Waals surface area contributed by atoms with Gasteiger partial charge in [0.25, 0.3) is 5.91 Å². The standard InChI is InChI=1S/C20H24N4O5/c1-11-18(12(2)23(5)22-11)21-19(26)13(3)28-20(27)17-10-24(14(4)25)15-8-6-7-9-16(15)29-17/h6-9,13,17H,10H2,1-5H3,(H,21,26)/t13-,17-/m0/s1. The lowest BCUT2D eigenvalue weighted by Gasteiger charge is -2.33. The lowest BCUT2D eigenvalue weighted by molar-refractivity contribution is -0.160. The second-order valence-electron chi connectivity index (χ2n) is 6.94. The maximum absolute atomic E-state index is 12.6. The summed E-state index contributed by atoms with van der Waals surface area (Å²) < 4.78 is 12.7. The van der Waals surface area contributed by atoms with Crippen LogP contribution in [0.15, 0.2) is 24.3 Å². The maximum atomic E-state index is 12.6. The molecule has 0 saturated carbocycles. The number of amides is 2. The Balaban J connectivity index is 1.68. The summed E-state index contributed by atoms with van der Waals surface area (Å²) in [6, 6.07) is 6.95. The van der Waals surface area contributed by atoms with E-state index >= 15 is 0 Å². The summed E-state index contributed by atoms with van der Waals surface area (Å²) in [4.78, 5) is 38.5. The van der Waals surface area contributed by atoms with Gasteiger partial charge in [-0.25, -0.2) is 4.79 Å². The number of ether oxygens (including phenoxy) is 2. The second kappa shape index (κ2) is 7.94. The van der Waals surface area contributed by atoms with E-state index in [0.717, 1.165) is 5.69 Å². The number of hydrogen-bond acceptors (Lipinski definition) is 6. The van der Waals surface area contributed by atoms with Crippen LogP contribution in [0.1, 0.15) is 25.2 Å². The number of fused-ring (bicyclic) bond motifs is 1. The van der Waals surface area contributed by atoms with Gasteiger partial charge < -0.3 is 19.7 Å². The molecule has 1 aromatic carbocycles. The van der Waals surface area contributed by atoms with Crippen LogP contribution in [0.25, 0.3) is 0 Å². The van der Waals surface area contributed by atoms with Crippen LogP contribution in [-0.4, -0.2) is 46.3 Å².